The van der Waals surface area contributed by atoms with Gasteiger partial charge in [-0.25, -0.2) is 9.67 Å². The van der Waals surface area contributed by atoms with E-state index in [0.29, 0.717) is 12.0 Å². The number of carbonyl (C=O) groups is 1. The number of nitrogens with zero attached hydrogens (tertiary/aromatic N) is 6. The number of benzene rings is 2. The molecule has 36 heavy (non-hydrogen) atoms. The zero-order valence-electron chi connectivity index (χ0n) is 20.5. The molecule has 7 heteroatoms. The molecule has 2 aromatic carbocycles. The van der Waals surface area contributed by atoms with Gasteiger partial charge in [-0.15, -0.1) is 0 Å². The summed E-state index contributed by atoms with van der Waals surface area (Å²) in [5.74, 6) is 1.65. The van der Waals surface area contributed by atoms with Gasteiger partial charge in [-0.1, -0.05) is 30.3 Å². The molecule has 5 heterocycles. The number of hydrogen-bond donors (Lipinski definition) is 0. The Bertz CT molecular complexity index is 1610. The van der Waals surface area contributed by atoms with E-state index in [4.69, 9.17) is 10.1 Å². The van der Waals surface area contributed by atoms with Crippen LogP contribution in [0, 0.1) is 18.8 Å². The summed E-state index contributed by atoms with van der Waals surface area (Å²) in [7, 11) is 1.95. The van der Waals surface area contributed by atoms with Gasteiger partial charge in [-0.05, 0) is 55.9 Å². The first kappa shape index (κ1) is 21.3. The largest absolute Gasteiger partial charge is 0.353 e. The Balaban J connectivity index is 1.31. The van der Waals surface area contributed by atoms with Crippen LogP contribution >= 0.6 is 0 Å². The van der Waals surface area contributed by atoms with Crippen molar-refractivity contribution in [2.24, 2.45) is 18.9 Å². The topological polar surface area (TPSA) is 68.8 Å². The standard InChI is InChI=1S/C29H28N6O/c1-18-5-3-7-24-28(23-6-4-8-26-25(23)16-33(2)31-26)32-35(29(18)24)22-11-12-27(30-14-22)34-15-19-9-10-21(34)13-20(19)17-36/h3-8,11-12,14,16-17,19-21H,9-10,13,15H2,1-2H3/t19-,20+,21-/m1/s1. The molecule has 3 atom stereocenters. The van der Waals surface area contributed by atoms with Crippen molar-refractivity contribution in [3.63, 3.8) is 0 Å². The van der Waals surface area contributed by atoms with Crippen LogP contribution in [0.1, 0.15) is 24.8 Å². The number of aromatic nitrogens is 5. The summed E-state index contributed by atoms with van der Waals surface area (Å²) in [6.45, 7) is 3.05. The molecule has 180 valence electrons. The molecule has 0 unspecified atom stereocenters. The second kappa shape index (κ2) is 8.01. The summed E-state index contributed by atoms with van der Waals surface area (Å²) < 4.78 is 3.88. The van der Waals surface area contributed by atoms with Crippen molar-refractivity contribution < 1.29 is 4.79 Å². The van der Waals surface area contributed by atoms with Crippen LogP contribution in [0.5, 0.6) is 0 Å². The third-order valence-electron chi connectivity index (χ3n) is 8.16. The van der Waals surface area contributed by atoms with Gasteiger partial charge in [0.05, 0.1) is 22.9 Å². The van der Waals surface area contributed by atoms with Crippen LogP contribution in [-0.4, -0.2) is 43.4 Å². The first-order chi connectivity index (χ1) is 17.6. The van der Waals surface area contributed by atoms with Crippen molar-refractivity contribution in [3.05, 3.63) is 66.5 Å². The van der Waals surface area contributed by atoms with Crippen molar-refractivity contribution in [3.8, 4) is 16.9 Å². The fourth-order valence-corrected chi connectivity index (χ4v) is 6.37. The number of aryl methyl sites for hydroxylation is 2. The van der Waals surface area contributed by atoms with Gasteiger partial charge in [0, 0.05) is 48.1 Å². The van der Waals surface area contributed by atoms with E-state index in [2.05, 4.69) is 59.5 Å². The number of para-hydroxylation sites is 1. The summed E-state index contributed by atoms with van der Waals surface area (Å²) in [5, 5.41) is 11.9. The number of hydrogen-bond acceptors (Lipinski definition) is 5. The number of fused-ring (bicyclic) bond motifs is 5. The summed E-state index contributed by atoms with van der Waals surface area (Å²) in [4.78, 5) is 18.7. The fraction of sp³-hybridized carbons (Fsp3) is 0.310. The molecule has 0 radical (unpaired) electrons. The third-order valence-corrected chi connectivity index (χ3v) is 8.16. The quantitative estimate of drug-likeness (QED) is 0.338. The molecule has 2 saturated heterocycles. The molecular weight excluding hydrogens is 448 g/mol. The molecule has 3 fully saturated rings. The molecule has 0 spiro atoms. The zero-order valence-corrected chi connectivity index (χ0v) is 20.5. The Hall–Kier alpha value is -4.00. The Morgan fingerprint density at radius 1 is 1.00 bits per heavy atom. The lowest BCUT2D eigenvalue weighted by atomic mass is 9.72. The van der Waals surface area contributed by atoms with Crippen LogP contribution in [0.2, 0.25) is 0 Å². The van der Waals surface area contributed by atoms with E-state index in [1.165, 1.54) is 11.8 Å². The SMILES string of the molecule is Cc1cccc2c(-c3cccc4nn(C)cc34)nn(-c3ccc(N4C[C@H]5CC[C@@H]4C[C@H]5C=O)nc3)c12. The van der Waals surface area contributed by atoms with E-state index < -0.39 is 0 Å². The highest BCUT2D eigenvalue weighted by atomic mass is 16.1. The van der Waals surface area contributed by atoms with Crippen LogP contribution in [0.4, 0.5) is 5.82 Å². The molecule has 8 rings (SSSR count). The second-order valence-corrected chi connectivity index (χ2v) is 10.3. The van der Waals surface area contributed by atoms with E-state index >= 15 is 0 Å². The van der Waals surface area contributed by atoms with Crippen LogP contribution in [0.25, 0.3) is 38.8 Å². The van der Waals surface area contributed by atoms with E-state index in [9.17, 15) is 4.79 Å². The van der Waals surface area contributed by atoms with Crippen LogP contribution in [-0.2, 0) is 11.8 Å². The number of aldehydes is 1. The van der Waals surface area contributed by atoms with Crippen LogP contribution < -0.4 is 4.90 Å². The summed E-state index contributed by atoms with van der Waals surface area (Å²) in [6, 6.07) is 17.2. The minimum atomic E-state index is 0.209. The maximum absolute atomic E-state index is 11.5. The Morgan fingerprint density at radius 3 is 2.67 bits per heavy atom. The molecule has 2 bridgehead atoms. The van der Waals surface area contributed by atoms with Crippen molar-refractivity contribution in [2.75, 3.05) is 11.4 Å². The first-order valence-electron chi connectivity index (χ1n) is 12.7. The van der Waals surface area contributed by atoms with Gasteiger partial charge >= 0.3 is 0 Å². The highest BCUT2D eigenvalue weighted by Gasteiger charge is 2.40. The maximum Gasteiger partial charge on any atom is 0.128 e. The minimum Gasteiger partial charge on any atom is -0.353 e. The van der Waals surface area contributed by atoms with Gasteiger partial charge in [0.15, 0.2) is 0 Å². The molecule has 2 aliphatic heterocycles. The van der Waals surface area contributed by atoms with Crippen molar-refractivity contribution >= 4 is 33.9 Å². The lowest BCUT2D eigenvalue weighted by Gasteiger charge is -2.48. The van der Waals surface area contributed by atoms with Crippen molar-refractivity contribution in [1.82, 2.24) is 24.5 Å². The van der Waals surface area contributed by atoms with Gasteiger partial charge in [0.1, 0.15) is 17.8 Å². The van der Waals surface area contributed by atoms with Gasteiger partial charge in [-0.3, -0.25) is 4.68 Å². The Labute approximate surface area is 209 Å². The molecule has 0 amide bonds. The summed E-state index contributed by atoms with van der Waals surface area (Å²) in [6.07, 6.45) is 8.40. The van der Waals surface area contributed by atoms with Crippen LogP contribution in [0.3, 0.4) is 0 Å². The Morgan fingerprint density at radius 2 is 1.89 bits per heavy atom. The average Bonchev–Trinajstić information content (AvgIpc) is 3.49. The lowest BCUT2D eigenvalue weighted by molar-refractivity contribution is -0.114. The second-order valence-electron chi connectivity index (χ2n) is 10.3. The normalized spacial score (nSPS) is 21.5. The van der Waals surface area contributed by atoms with E-state index in [1.54, 1.807) is 0 Å². The monoisotopic (exact) mass is 476 g/mol. The molecule has 3 aliphatic rings. The molecule has 7 nitrogen and oxygen atoms in total. The fourth-order valence-electron chi connectivity index (χ4n) is 6.37. The van der Waals surface area contributed by atoms with Crippen molar-refractivity contribution in [2.45, 2.75) is 32.2 Å². The van der Waals surface area contributed by atoms with Gasteiger partial charge in [0.2, 0.25) is 0 Å². The molecule has 1 aliphatic carbocycles. The molecular formula is C29H28N6O. The number of piperidine rings is 2. The van der Waals surface area contributed by atoms with Crippen LogP contribution in [0.15, 0.2) is 60.9 Å². The van der Waals surface area contributed by atoms with Gasteiger partial charge in [0.25, 0.3) is 0 Å². The maximum atomic E-state index is 11.5. The highest BCUT2D eigenvalue weighted by Crippen LogP contribution is 2.40. The third kappa shape index (κ3) is 3.19. The number of anilines is 1. The van der Waals surface area contributed by atoms with E-state index in [-0.39, 0.29) is 5.92 Å². The predicted octanol–water partition coefficient (Wildman–Crippen LogP) is 5.09. The smallest absolute Gasteiger partial charge is 0.128 e. The Kier molecular flexibility index (Phi) is 4.74. The molecule has 1 saturated carbocycles. The summed E-state index contributed by atoms with van der Waals surface area (Å²) in [5.41, 5.74) is 6.19. The first-order valence-corrected chi connectivity index (χ1v) is 12.7. The summed E-state index contributed by atoms with van der Waals surface area (Å²) >= 11 is 0. The number of rotatable bonds is 4. The van der Waals surface area contributed by atoms with E-state index in [0.717, 1.165) is 70.4 Å². The predicted molar refractivity (Wildman–Crippen MR) is 141 cm³/mol. The highest BCUT2D eigenvalue weighted by molar-refractivity contribution is 6.03. The van der Waals surface area contributed by atoms with Gasteiger partial charge < -0.3 is 9.69 Å². The number of pyridine rings is 1. The number of carbonyl (C=O) groups excluding carboxylic acids is 1. The molecule has 5 aromatic rings. The lowest BCUT2D eigenvalue weighted by Crippen LogP contribution is -2.52. The van der Waals surface area contributed by atoms with E-state index in [1.807, 2.05) is 34.7 Å². The minimum absolute atomic E-state index is 0.209. The zero-order chi connectivity index (χ0) is 24.4. The molecule has 3 aromatic heterocycles. The van der Waals surface area contributed by atoms with Crippen molar-refractivity contribution in [1.29, 1.82) is 0 Å². The van der Waals surface area contributed by atoms with Gasteiger partial charge in [-0.2, -0.15) is 10.2 Å². The molecule has 0 N–H and O–H groups in total. The average molecular weight is 477 g/mol.